The highest BCUT2D eigenvalue weighted by Crippen LogP contribution is 2.11. The van der Waals surface area contributed by atoms with Crippen LogP contribution in [0.3, 0.4) is 0 Å². The SMILES string of the molecule is CCCCCCCCCCC=Cc1ccc(C(=O)N(C)O)cc1. The molecule has 0 atom stereocenters. The van der Waals surface area contributed by atoms with Gasteiger partial charge in [-0.25, -0.2) is 5.06 Å². The maximum atomic E-state index is 11.6. The number of nitrogens with zero attached hydrogens (tertiary/aromatic N) is 1. The van der Waals surface area contributed by atoms with Crippen LogP contribution < -0.4 is 0 Å². The molecule has 0 heterocycles. The molecule has 0 bridgehead atoms. The molecule has 0 radical (unpaired) electrons. The molecule has 0 aliphatic carbocycles. The van der Waals surface area contributed by atoms with Crippen LogP contribution in [-0.2, 0) is 0 Å². The predicted octanol–water partition coefficient (Wildman–Crippen LogP) is 5.69. The maximum absolute atomic E-state index is 11.6. The topological polar surface area (TPSA) is 40.5 Å². The van der Waals surface area contributed by atoms with Gasteiger partial charge in [-0.15, -0.1) is 0 Å². The second-order valence-electron chi connectivity index (χ2n) is 6.12. The van der Waals surface area contributed by atoms with Crippen LogP contribution in [0, 0.1) is 0 Å². The Morgan fingerprint density at radius 2 is 1.57 bits per heavy atom. The highest BCUT2D eigenvalue weighted by atomic mass is 16.5. The van der Waals surface area contributed by atoms with E-state index in [9.17, 15) is 4.79 Å². The molecule has 0 aliphatic rings. The second-order valence-corrected chi connectivity index (χ2v) is 6.12. The number of carbonyl (C=O) groups is 1. The van der Waals surface area contributed by atoms with E-state index in [1.165, 1.54) is 58.4 Å². The van der Waals surface area contributed by atoms with E-state index in [4.69, 9.17) is 5.21 Å². The lowest BCUT2D eigenvalue weighted by Gasteiger charge is -2.07. The van der Waals surface area contributed by atoms with Gasteiger partial charge < -0.3 is 0 Å². The van der Waals surface area contributed by atoms with Crippen molar-refractivity contribution >= 4 is 12.0 Å². The normalized spacial score (nSPS) is 11.1. The summed E-state index contributed by atoms with van der Waals surface area (Å²) in [4.78, 5) is 11.6. The van der Waals surface area contributed by atoms with Gasteiger partial charge in [0.15, 0.2) is 0 Å². The molecule has 0 saturated heterocycles. The van der Waals surface area contributed by atoms with E-state index in [1.807, 2.05) is 12.1 Å². The fraction of sp³-hybridized carbons (Fsp3) is 0.550. The lowest BCUT2D eigenvalue weighted by molar-refractivity contribution is -0.0374. The molecule has 1 aromatic rings. The summed E-state index contributed by atoms with van der Waals surface area (Å²) in [6.07, 6.45) is 16.2. The summed E-state index contributed by atoms with van der Waals surface area (Å²) in [6.45, 7) is 2.25. The Kier molecular flexibility index (Phi) is 10.0. The van der Waals surface area contributed by atoms with E-state index in [1.54, 1.807) is 12.1 Å². The van der Waals surface area contributed by atoms with Crippen molar-refractivity contribution < 1.29 is 10.0 Å². The lowest BCUT2D eigenvalue weighted by Crippen LogP contribution is -2.22. The van der Waals surface area contributed by atoms with Crippen LogP contribution in [0.15, 0.2) is 30.3 Å². The van der Waals surface area contributed by atoms with Gasteiger partial charge in [-0.05, 0) is 30.5 Å². The van der Waals surface area contributed by atoms with Gasteiger partial charge >= 0.3 is 0 Å². The van der Waals surface area contributed by atoms with E-state index in [0.717, 1.165) is 12.0 Å². The van der Waals surface area contributed by atoms with Gasteiger partial charge in [0.1, 0.15) is 0 Å². The third-order valence-corrected chi connectivity index (χ3v) is 3.99. The standard InChI is InChI=1S/C20H31NO2/c1-3-4-5-6-7-8-9-10-11-12-13-18-14-16-19(17-15-18)20(22)21(2)23/h12-17,23H,3-11H2,1-2H3. The number of hydrogen-bond donors (Lipinski definition) is 1. The van der Waals surface area contributed by atoms with Crippen LogP contribution in [-0.4, -0.2) is 23.2 Å². The number of amides is 1. The molecule has 1 N–H and O–H groups in total. The zero-order valence-corrected chi connectivity index (χ0v) is 14.6. The van der Waals surface area contributed by atoms with Crippen LogP contribution in [0.5, 0.6) is 0 Å². The van der Waals surface area contributed by atoms with E-state index in [2.05, 4.69) is 19.1 Å². The van der Waals surface area contributed by atoms with Crippen molar-refractivity contribution in [2.24, 2.45) is 0 Å². The predicted molar refractivity (Wildman–Crippen MR) is 96.6 cm³/mol. The molecule has 128 valence electrons. The molecule has 0 spiro atoms. The van der Waals surface area contributed by atoms with Gasteiger partial charge in [0.2, 0.25) is 0 Å². The average Bonchev–Trinajstić information content (AvgIpc) is 2.56. The summed E-state index contributed by atoms with van der Waals surface area (Å²) >= 11 is 0. The largest absolute Gasteiger partial charge is 0.286 e. The van der Waals surface area contributed by atoms with Crippen LogP contribution in [0.2, 0.25) is 0 Å². The molecule has 0 aliphatic heterocycles. The van der Waals surface area contributed by atoms with Crippen LogP contribution in [0.4, 0.5) is 0 Å². The number of allylic oxidation sites excluding steroid dienone is 1. The summed E-state index contributed by atoms with van der Waals surface area (Å²) in [6, 6.07) is 7.29. The molecule has 0 fully saturated rings. The Hall–Kier alpha value is -1.61. The molecule has 1 rings (SSSR count). The van der Waals surface area contributed by atoms with Crippen LogP contribution in [0.1, 0.15) is 80.6 Å². The minimum atomic E-state index is -0.389. The Balaban J connectivity index is 2.16. The van der Waals surface area contributed by atoms with Crippen LogP contribution >= 0.6 is 0 Å². The Bertz CT molecular complexity index is 463. The summed E-state index contributed by atoms with van der Waals surface area (Å²) < 4.78 is 0. The fourth-order valence-electron chi connectivity index (χ4n) is 2.54. The van der Waals surface area contributed by atoms with E-state index >= 15 is 0 Å². The minimum absolute atomic E-state index is 0.389. The highest BCUT2D eigenvalue weighted by molar-refractivity contribution is 5.93. The first-order chi connectivity index (χ1) is 11.1. The maximum Gasteiger partial charge on any atom is 0.276 e. The number of hydrogen-bond acceptors (Lipinski definition) is 2. The van der Waals surface area contributed by atoms with Crippen molar-refractivity contribution in [1.29, 1.82) is 0 Å². The Morgan fingerprint density at radius 3 is 2.13 bits per heavy atom. The molecule has 1 aromatic carbocycles. The van der Waals surface area contributed by atoms with Crippen molar-refractivity contribution in [2.75, 3.05) is 7.05 Å². The molecule has 3 nitrogen and oxygen atoms in total. The zero-order valence-electron chi connectivity index (χ0n) is 14.6. The van der Waals surface area contributed by atoms with Crippen LogP contribution in [0.25, 0.3) is 6.08 Å². The zero-order chi connectivity index (χ0) is 16.9. The smallest absolute Gasteiger partial charge is 0.276 e. The summed E-state index contributed by atoms with van der Waals surface area (Å²) in [5.41, 5.74) is 1.58. The summed E-state index contributed by atoms with van der Waals surface area (Å²) in [5, 5.41) is 9.72. The van der Waals surface area contributed by atoms with Gasteiger partial charge in [0.05, 0.1) is 0 Å². The van der Waals surface area contributed by atoms with E-state index in [-0.39, 0.29) is 5.91 Å². The van der Waals surface area contributed by atoms with Crippen molar-refractivity contribution in [3.05, 3.63) is 41.5 Å². The van der Waals surface area contributed by atoms with Gasteiger partial charge in [-0.3, -0.25) is 10.0 Å². The third kappa shape index (κ3) is 8.56. The molecule has 3 heteroatoms. The minimum Gasteiger partial charge on any atom is -0.286 e. The first-order valence-corrected chi connectivity index (χ1v) is 8.88. The van der Waals surface area contributed by atoms with Gasteiger partial charge in [0.25, 0.3) is 5.91 Å². The summed E-state index contributed by atoms with van der Waals surface area (Å²) in [7, 11) is 1.33. The van der Waals surface area contributed by atoms with E-state index in [0.29, 0.717) is 10.6 Å². The fourth-order valence-corrected chi connectivity index (χ4v) is 2.54. The molecular weight excluding hydrogens is 286 g/mol. The van der Waals surface area contributed by atoms with E-state index < -0.39 is 0 Å². The molecule has 23 heavy (non-hydrogen) atoms. The number of unbranched alkanes of at least 4 members (excludes halogenated alkanes) is 8. The van der Waals surface area contributed by atoms with Crippen molar-refractivity contribution in [3.63, 3.8) is 0 Å². The number of carbonyl (C=O) groups excluding carboxylic acids is 1. The number of rotatable bonds is 11. The average molecular weight is 317 g/mol. The first-order valence-electron chi connectivity index (χ1n) is 8.88. The van der Waals surface area contributed by atoms with Gasteiger partial charge in [0, 0.05) is 12.6 Å². The molecular formula is C20H31NO2. The quantitative estimate of drug-likeness (QED) is 0.323. The highest BCUT2D eigenvalue weighted by Gasteiger charge is 2.07. The monoisotopic (exact) mass is 317 g/mol. The van der Waals surface area contributed by atoms with Crippen molar-refractivity contribution in [3.8, 4) is 0 Å². The third-order valence-electron chi connectivity index (χ3n) is 3.99. The summed E-state index contributed by atoms with van der Waals surface area (Å²) in [5.74, 6) is -0.389. The second kappa shape index (κ2) is 11.9. The number of hydroxylamine groups is 2. The lowest BCUT2D eigenvalue weighted by atomic mass is 10.1. The van der Waals surface area contributed by atoms with Crippen molar-refractivity contribution in [1.82, 2.24) is 5.06 Å². The first kappa shape index (κ1) is 19.4. The number of benzene rings is 1. The molecule has 0 unspecified atom stereocenters. The molecule has 0 saturated carbocycles. The Morgan fingerprint density at radius 1 is 1.00 bits per heavy atom. The molecule has 0 aromatic heterocycles. The van der Waals surface area contributed by atoms with Gasteiger partial charge in [-0.1, -0.05) is 76.2 Å². The van der Waals surface area contributed by atoms with Gasteiger partial charge in [-0.2, -0.15) is 0 Å². The van der Waals surface area contributed by atoms with Crippen molar-refractivity contribution in [2.45, 2.75) is 64.7 Å². The Labute approximate surface area is 141 Å². The molecule has 1 amide bonds.